The number of rotatable bonds is 2. The molecule has 0 aliphatic carbocycles. The maximum atomic E-state index is 12.1. The SMILES string of the molecule is O=C(Nc1nccc(Cl)n1)C1Cc2nc[nH]c2CN1. The molecule has 1 aliphatic rings. The summed E-state index contributed by atoms with van der Waals surface area (Å²) < 4.78 is 0. The predicted octanol–water partition coefficient (Wildman–Crippen LogP) is 0.506. The number of fused-ring (bicyclic) bond motifs is 1. The van der Waals surface area contributed by atoms with Crippen LogP contribution in [0.2, 0.25) is 5.15 Å². The summed E-state index contributed by atoms with van der Waals surface area (Å²) in [6.45, 7) is 0.587. The number of hydrogen-bond acceptors (Lipinski definition) is 5. The smallest absolute Gasteiger partial charge is 0.244 e. The van der Waals surface area contributed by atoms with Crippen molar-refractivity contribution in [3.05, 3.63) is 35.1 Å². The third-order valence-electron chi connectivity index (χ3n) is 2.90. The molecule has 2 aromatic heterocycles. The summed E-state index contributed by atoms with van der Waals surface area (Å²) >= 11 is 5.73. The number of anilines is 1. The van der Waals surface area contributed by atoms with E-state index in [1.807, 2.05) is 0 Å². The fourth-order valence-electron chi connectivity index (χ4n) is 1.95. The lowest BCUT2D eigenvalue weighted by Crippen LogP contribution is -2.45. The first-order valence-electron chi connectivity index (χ1n) is 5.76. The fourth-order valence-corrected chi connectivity index (χ4v) is 2.09. The number of H-pyrrole nitrogens is 1. The average molecular weight is 279 g/mol. The monoisotopic (exact) mass is 278 g/mol. The van der Waals surface area contributed by atoms with Crippen LogP contribution >= 0.6 is 11.6 Å². The van der Waals surface area contributed by atoms with E-state index in [9.17, 15) is 4.79 Å². The Morgan fingerprint density at radius 3 is 3.21 bits per heavy atom. The molecule has 0 bridgehead atoms. The van der Waals surface area contributed by atoms with Crippen LogP contribution in [0.3, 0.4) is 0 Å². The van der Waals surface area contributed by atoms with Crippen LogP contribution in [0.25, 0.3) is 0 Å². The van der Waals surface area contributed by atoms with E-state index >= 15 is 0 Å². The number of aromatic nitrogens is 4. The Labute approximate surface area is 113 Å². The Morgan fingerprint density at radius 2 is 2.37 bits per heavy atom. The molecular weight excluding hydrogens is 268 g/mol. The molecule has 2 aromatic rings. The third-order valence-corrected chi connectivity index (χ3v) is 3.11. The van der Waals surface area contributed by atoms with Crippen LogP contribution in [0.1, 0.15) is 11.4 Å². The van der Waals surface area contributed by atoms with E-state index in [0.717, 1.165) is 11.4 Å². The van der Waals surface area contributed by atoms with Gasteiger partial charge in [-0.25, -0.2) is 15.0 Å². The summed E-state index contributed by atoms with van der Waals surface area (Å²) in [5, 5.41) is 6.04. The lowest BCUT2D eigenvalue weighted by Gasteiger charge is -2.21. The van der Waals surface area contributed by atoms with E-state index in [4.69, 9.17) is 11.6 Å². The minimum Gasteiger partial charge on any atom is -0.347 e. The van der Waals surface area contributed by atoms with Gasteiger partial charge in [-0.1, -0.05) is 11.6 Å². The molecule has 0 fully saturated rings. The normalized spacial score (nSPS) is 17.8. The molecule has 1 aliphatic heterocycles. The van der Waals surface area contributed by atoms with Crippen LogP contribution in [0.4, 0.5) is 5.95 Å². The molecule has 1 unspecified atom stereocenters. The number of nitrogens with one attached hydrogen (secondary N) is 3. The number of halogens is 1. The second-order valence-corrected chi connectivity index (χ2v) is 4.54. The van der Waals surface area contributed by atoms with Crippen LogP contribution in [-0.2, 0) is 17.8 Å². The van der Waals surface area contributed by atoms with Crippen molar-refractivity contribution in [1.82, 2.24) is 25.3 Å². The molecule has 1 atom stereocenters. The van der Waals surface area contributed by atoms with Crippen LogP contribution in [-0.4, -0.2) is 31.9 Å². The summed E-state index contributed by atoms with van der Waals surface area (Å²) in [5.74, 6) is 0.00282. The molecule has 8 heteroatoms. The van der Waals surface area contributed by atoms with Crippen molar-refractivity contribution in [2.24, 2.45) is 0 Å². The standard InChI is InChI=1S/C11H11ClN6O/c12-9-1-2-13-11(17-9)18-10(19)7-3-6-8(4-14-7)16-5-15-6/h1-2,5,7,14H,3-4H2,(H,15,16)(H,13,17,18,19). The highest BCUT2D eigenvalue weighted by Gasteiger charge is 2.26. The maximum absolute atomic E-state index is 12.1. The van der Waals surface area contributed by atoms with Crippen LogP contribution < -0.4 is 10.6 Å². The number of nitrogens with zero attached hydrogens (tertiary/aromatic N) is 3. The van der Waals surface area contributed by atoms with Crippen LogP contribution in [0, 0.1) is 0 Å². The van der Waals surface area contributed by atoms with E-state index in [-0.39, 0.29) is 23.1 Å². The predicted molar refractivity (Wildman–Crippen MR) is 68.6 cm³/mol. The molecular formula is C11H11ClN6O. The lowest BCUT2D eigenvalue weighted by atomic mass is 10.1. The highest BCUT2D eigenvalue weighted by Crippen LogP contribution is 2.13. The molecule has 19 heavy (non-hydrogen) atoms. The van der Waals surface area contributed by atoms with Crippen molar-refractivity contribution in [3.8, 4) is 0 Å². The highest BCUT2D eigenvalue weighted by atomic mass is 35.5. The Kier molecular flexibility index (Phi) is 3.14. The summed E-state index contributed by atoms with van der Waals surface area (Å²) in [6, 6.07) is 1.20. The van der Waals surface area contributed by atoms with Crippen molar-refractivity contribution in [2.75, 3.05) is 5.32 Å². The molecule has 0 saturated carbocycles. The molecule has 3 rings (SSSR count). The molecule has 0 radical (unpaired) electrons. The Bertz CT molecular complexity index is 613. The number of amides is 1. The van der Waals surface area contributed by atoms with Gasteiger partial charge in [0, 0.05) is 19.2 Å². The minimum absolute atomic E-state index is 0.198. The lowest BCUT2D eigenvalue weighted by molar-refractivity contribution is -0.118. The fraction of sp³-hybridized carbons (Fsp3) is 0.273. The molecule has 98 valence electrons. The molecule has 0 spiro atoms. The first-order chi connectivity index (χ1) is 9.22. The van der Waals surface area contributed by atoms with E-state index < -0.39 is 0 Å². The van der Waals surface area contributed by atoms with Gasteiger partial charge in [0.25, 0.3) is 0 Å². The number of hydrogen-bond donors (Lipinski definition) is 3. The highest BCUT2D eigenvalue weighted by molar-refractivity contribution is 6.29. The molecule has 7 nitrogen and oxygen atoms in total. The molecule has 0 aromatic carbocycles. The second-order valence-electron chi connectivity index (χ2n) is 4.16. The van der Waals surface area contributed by atoms with Gasteiger partial charge >= 0.3 is 0 Å². The van der Waals surface area contributed by atoms with Gasteiger partial charge in [0.15, 0.2) is 0 Å². The van der Waals surface area contributed by atoms with Crippen LogP contribution in [0.5, 0.6) is 0 Å². The van der Waals surface area contributed by atoms with Crippen molar-refractivity contribution in [3.63, 3.8) is 0 Å². The van der Waals surface area contributed by atoms with E-state index in [1.54, 1.807) is 12.4 Å². The minimum atomic E-state index is -0.349. The van der Waals surface area contributed by atoms with Crippen LogP contribution in [0.15, 0.2) is 18.6 Å². The van der Waals surface area contributed by atoms with Gasteiger partial charge in [0.2, 0.25) is 11.9 Å². The molecule has 0 saturated heterocycles. The molecule has 1 amide bonds. The summed E-state index contributed by atoms with van der Waals surface area (Å²) in [5.41, 5.74) is 1.92. The first kappa shape index (κ1) is 12.1. The zero-order valence-electron chi connectivity index (χ0n) is 9.85. The van der Waals surface area contributed by atoms with Gasteiger partial charge in [-0.15, -0.1) is 0 Å². The van der Waals surface area contributed by atoms with Crippen molar-refractivity contribution < 1.29 is 4.79 Å². The van der Waals surface area contributed by atoms with Crippen molar-refractivity contribution >= 4 is 23.5 Å². The van der Waals surface area contributed by atoms with Crippen molar-refractivity contribution in [2.45, 2.75) is 19.0 Å². The topological polar surface area (TPSA) is 95.6 Å². The number of aromatic amines is 1. The second kappa shape index (κ2) is 4.94. The summed E-state index contributed by atoms with van der Waals surface area (Å²) in [4.78, 5) is 27.1. The van der Waals surface area contributed by atoms with Gasteiger partial charge in [-0.3, -0.25) is 15.4 Å². The molecule has 3 N–H and O–H groups in total. The zero-order valence-corrected chi connectivity index (χ0v) is 10.6. The number of carbonyl (C=O) groups is 1. The largest absolute Gasteiger partial charge is 0.347 e. The summed E-state index contributed by atoms with van der Waals surface area (Å²) in [6.07, 6.45) is 3.66. The molecule has 3 heterocycles. The Morgan fingerprint density at radius 1 is 1.47 bits per heavy atom. The number of carbonyl (C=O) groups excluding carboxylic acids is 1. The van der Waals surface area contributed by atoms with Gasteiger partial charge in [-0.05, 0) is 6.07 Å². The third kappa shape index (κ3) is 2.56. The average Bonchev–Trinajstić information content (AvgIpc) is 2.85. The quantitative estimate of drug-likeness (QED) is 0.696. The van der Waals surface area contributed by atoms with E-state index in [0.29, 0.717) is 13.0 Å². The van der Waals surface area contributed by atoms with Gasteiger partial charge < -0.3 is 4.98 Å². The van der Waals surface area contributed by atoms with Gasteiger partial charge in [0.1, 0.15) is 5.15 Å². The van der Waals surface area contributed by atoms with Gasteiger partial charge in [0.05, 0.1) is 23.8 Å². The van der Waals surface area contributed by atoms with E-state index in [1.165, 1.54) is 6.20 Å². The number of imidazole rings is 1. The van der Waals surface area contributed by atoms with Crippen molar-refractivity contribution in [1.29, 1.82) is 0 Å². The first-order valence-corrected chi connectivity index (χ1v) is 6.14. The Balaban J connectivity index is 1.69. The van der Waals surface area contributed by atoms with Gasteiger partial charge in [-0.2, -0.15) is 0 Å². The Hall–Kier alpha value is -1.99. The summed E-state index contributed by atoms with van der Waals surface area (Å²) in [7, 11) is 0. The van der Waals surface area contributed by atoms with E-state index in [2.05, 4.69) is 30.6 Å². The maximum Gasteiger partial charge on any atom is 0.244 e. The zero-order chi connectivity index (χ0) is 13.2.